The Bertz CT molecular complexity index is 772. The summed E-state index contributed by atoms with van der Waals surface area (Å²) in [5.74, 6) is 0.787. The summed E-state index contributed by atoms with van der Waals surface area (Å²) in [6.45, 7) is 2.20. The van der Waals surface area contributed by atoms with Gasteiger partial charge >= 0.3 is 0 Å². The summed E-state index contributed by atoms with van der Waals surface area (Å²) < 4.78 is 37.8. The molecule has 0 bridgehead atoms. The first-order valence-corrected chi connectivity index (χ1v) is 9.79. The molecule has 1 N–H and O–H groups in total. The van der Waals surface area contributed by atoms with Gasteiger partial charge in [0.1, 0.15) is 5.75 Å². The van der Waals surface area contributed by atoms with Gasteiger partial charge in [0.25, 0.3) is 0 Å². The van der Waals surface area contributed by atoms with E-state index in [0.29, 0.717) is 6.42 Å². The van der Waals surface area contributed by atoms with Crippen molar-refractivity contribution < 1.29 is 17.9 Å². The van der Waals surface area contributed by atoms with Gasteiger partial charge in [-0.2, -0.15) is 0 Å². The van der Waals surface area contributed by atoms with Crippen molar-refractivity contribution in [2.75, 3.05) is 26.5 Å². The highest BCUT2D eigenvalue weighted by Crippen LogP contribution is 2.20. The van der Waals surface area contributed by atoms with E-state index < -0.39 is 10.0 Å². The molecular formula is C19H25NO4S. The summed E-state index contributed by atoms with van der Waals surface area (Å²) in [5.41, 5.74) is 3.02. The van der Waals surface area contributed by atoms with Gasteiger partial charge in [-0.3, -0.25) is 0 Å². The van der Waals surface area contributed by atoms with Crippen molar-refractivity contribution in [3.8, 4) is 5.75 Å². The van der Waals surface area contributed by atoms with Crippen LogP contribution < -0.4 is 9.46 Å². The number of methoxy groups -OCH3 is 2. The smallest absolute Gasteiger partial charge is 0.212 e. The fraction of sp³-hybridized carbons (Fsp3) is 0.368. The molecule has 0 saturated heterocycles. The lowest BCUT2D eigenvalue weighted by atomic mass is 10.0. The molecule has 5 nitrogen and oxygen atoms in total. The minimum absolute atomic E-state index is 0.0313. The van der Waals surface area contributed by atoms with Crippen LogP contribution in [-0.4, -0.2) is 34.9 Å². The third kappa shape index (κ3) is 5.85. The van der Waals surface area contributed by atoms with E-state index in [1.165, 1.54) is 0 Å². The van der Waals surface area contributed by atoms with E-state index in [0.717, 1.165) is 22.4 Å². The Hall–Kier alpha value is -1.89. The Kier molecular flexibility index (Phi) is 6.99. The molecule has 2 aromatic rings. The second-order valence-electron chi connectivity index (χ2n) is 5.85. The van der Waals surface area contributed by atoms with E-state index in [2.05, 4.69) is 4.72 Å². The highest BCUT2D eigenvalue weighted by atomic mass is 32.2. The maximum Gasteiger partial charge on any atom is 0.212 e. The van der Waals surface area contributed by atoms with E-state index in [1.807, 2.05) is 55.5 Å². The highest BCUT2D eigenvalue weighted by Gasteiger charge is 2.17. The first kappa shape index (κ1) is 19.4. The molecule has 0 amide bonds. The van der Waals surface area contributed by atoms with Crippen LogP contribution in [-0.2, 0) is 21.2 Å². The van der Waals surface area contributed by atoms with Gasteiger partial charge in [0.05, 0.1) is 19.0 Å². The van der Waals surface area contributed by atoms with Gasteiger partial charge < -0.3 is 9.47 Å². The summed E-state index contributed by atoms with van der Waals surface area (Å²) >= 11 is 0. The minimum Gasteiger partial charge on any atom is -0.497 e. The topological polar surface area (TPSA) is 64.6 Å². The Morgan fingerprint density at radius 3 is 2.32 bits per heavy atom. The van der Waals surface area contributed by atoms with Crippen LogP contribution in [0.4, 0.5) is 0 Å². The molecule has 0 aliphatic carbocycles. The number of hydrogen-bond acceptors (Lipinski definition) is 4. The Morgan fingerprint density at radius 1 is 1.04 bits per heavy atom. The zero-order valence-corrected chi connectivity index (χ0v) is 15.7. The molecular weight excluding hydrogens is 338 g/mol. The molecule has 2 aromatic carbocycles. The average Bonchev–Trinajstić information content (AvgIpc) is 2.62. The second-order valence-corrected chi connectivity index (χ2v) is 7.77. The number of rotatable bonds is 9. The lowest BCUT2D eigenvalue weighted by molar-refractivity contribution is 0.107. The van der Waals surface area contributed by atoms with Crippen LogP contribution in [0.5, 0.6) is 5.75 Å². The van der Waals surface area contributed by atoms with Gasteiger partial charge in [0.15, 0.2) is 0 Å². The lowest BCUT2D eigenvalue weighted by Crippen LogP contribution is -2.32. The molecule has 0 aromatic heterocycles. The van der Waals surface area contributed by atoms with Gasteiger partial charge in [0.2, 0.25) is 10.0 Å². The van der Waals surface area contributed by atoms with Gasteiger partial charge in [0, 0.05) is 13.7 Å². The Labute approximate surface area is 150 Å². The largest absolute Gasteiger partial charge is 0.497 e. The van der Waals surface area contributed by atoms with Crippen LogP contribution in [0.2, 0.25) is 0 Å². The molecule has 0 fully saturated rings. The summed E-state index contributed by atoms with van der Waals surface area (Å²) in [4.78, 5) is 0. The molecule has 0 radical (unpaired) electrons. The molecule has 2 rings (SSSR count). The summed E-state index contributed by atoms with van der Waals surface area (Å²) in [6.07, 6.45) is 0.137. The van der Waals surface area contributed by atoms with Gasteiger partial charge in [-0.05, 0) is 42.2 Å². The quantitative estimate of drug-likeness (QED) is 0.744. The fourth-order valence-electron chi connectivity index (χ4n) is 2.59. The predicted molar refractivity (Wildman–Crippen MR) is 99.4 cm³/mol. The van der Waals surface area contributed by atoms with Crippen molar-refractivity contribution in [3.05, 3.63) is 65.2 Å². The molecule has 0 saturated carbocycles. The van der Waals surface area contributed by atoms with Crippen LogP contribution in [0.1, 0.15) is 22.8 Å². The van der Waals surface area contributed by atoms with Gasteiger partial charge in [-0.25, -0.2) is 13.1 Å². The van der Waals surface area contributed by atoms with Crippen LogP contribution in [0.25, 0.3) is 0 Å². The zero-order chi connectivity index (χ0) is 18.3. The first-order chi connectivity index (χ1) is 11.9. The first-order valence-electron chi connectivity index (χ1n) is 8.14. The summed E-state index contributed by atoms with van der Waals surface area (Å²) in [5, 5.41) is 0. The molecule has 0 aliphatic rings. The van der Waals surface area contributed by atoms with Gasteiger partial charge in [-0.15, -0.1) is 0 Å². The standard InChI is InChI=1S/C19H25NO4S/c1-15-6-4-5-7-18(15)19(24-3)14-20-25(21,22)13-12-16-8-10-17(23-2)11-9-16/h4-11,19-20H,12-14H2,1-3H3. The van der Waals surface area contributed by atoms with Crippen molar-refractivity contribution >= 4 is 10.0 Å². The lowest BCUT2D eigenvalue weighted by Gasteiger charge is -2.18. The molecule has 6 heteroatoms. The summed E-state index contributed by atoms with van der Waals surface area (Å²) in [7, 11) is -0.195. The average molecular weight is 363 g/mol. The van der Waals surface area contributed by atoms with Crippen molar-refractivity contribution in [1.82, 2.24) is 4.72 Å². The van der Waals surface area contributed by atoms with Crippen LogP contribution in [0.15, 0.2) is 48.5 Å². The molecule has 136 valence electrons. The third-order valence-corrected chi connectivity index (χ3v) is 5.48. The highest BCUT2D eigenvalue weighted by molar-refractivity contribution is 7.89. The minimum atomic E-state index is -3.38. The van der Waals surface area contributed by atoms with E-state index >= 15 is 0 Å². The normalized spacial score (nSPS) is 12.8. The molecule has 1 atom stereocenters. The Balaban J connectivity index is 1.92. The third-order valence-electron chi connectivity index (χ3n) is 4.13. The summed E-state index contributed by atoms with van der Waals surface area (Å²) in [6, 6.07) is 15.2. The van der Waals surface area contributed by atoms with Crippen molar-refractivity contribution in [2.45, 2.75) is 19.4 Å². The molecule has 25 heavy (non-hydrogen) atoms. The number of aryl methyl sites for hydroxylation is 2. The van der Waals surface area contributed by atoms with E-state index in [4.69, 9.17) is 9.47 Å². The van der Waals surface area contributed by atoms with Crippen molar-refractivity contribution in [3.63, 3.8) is 0 Å². The molecule has 0 heterocycles. The number of sulfonamides is 1. The number of hydrogen-bond donors (Lipinski definition) is 1. The van der Waals surface area contributed by atoms with Crippen LogP contribution >= 0.6 is 0 Å². The van der Waals surface area contributed by atoms with E-state index in [9.17, 15) is 8.42 Å². The fourth-order valence-corrected chi connectivity index (χ4v) is 3.64. The van der Waals surface area contributed by atoms with Crippen LogP contribution in [0, 0.1) is 6.92 Å². The zero-order valence-electron chi connectivity index (χ0n) is 14.9. The monoisotopic (exact) mass is 363 g/mol. The van der Waals surface area contributed by atoms with Crippen molar-refractivity contribution in [1.29, 1.82) is 0 Å². The Morgan fingerprint density at radius 2 is 1.72 bits per heavy atom. The van der Waals surface area contributed by atoms with Gasteiger partial charge in [-0.1, -0.05) is 36.4 Å². The number of benzene rings is 2. The van der Waals surface area contributed by atoms with E-state index in [1.54, 1.807) is 14.2 Å². The maximum absolute atomic E-state index is 12.3. The molecule has 0 aliphatic heterocycles. The van der Waals surface area contributed by atoms with Crippen molar-refractivity contribution in [2.24, 2.45) is 0 Å². The van der Waals surface area contributed by atoms with Crippen LogP contribution in [0.3, 0.4) is 0 Å². The number of nitrogens with one attached hydrogen (secondary N) is 1. The predicted octanol–water partition coefficient (Wildman–Crippen LogP) is 2.85. The molecule has 0 spiro atoms. The number of ether oxygens (including phenoxy) is 2. The second kappa shape index (κ2) is 8.99. The SMILES string of the molecule is COc1ccc(CCS(=O)(=O)NCC(OC)c2ccccc2C)cc1. The molecule has 1 unspecified atom stereocenters. The maximum atomic E-state index is 12.3. The van der Waals surface area contributed by atoms with E-state index in [-0.39, 0.29) is 18.4 Å².